The smallest absolute Gasteiger partial charge is 0.312 e. The lowest BCUT2D eigenvalue weighted by Crippen LogP contribution is -1.99. The van der Waals surface area contributed by atoms with Crippen LogP contribution < -0.4 is 4.74 Å². The van der Waals surface area contributed by atoms with Gasteiger partial charge in [0.1, 0.15) is 18.6 Å². The summed E-state index contributed by atoms with van der Waals surface area (Å²) in [6.07, 6.45) is 1.46. The van der Waals surface area contributed by atoms with Gasteiger partial charge in [0.25, 0.3) is 0 Å². The second-order valence-electron chi connectivity index (χ2n) is 4.67. The highest BCUT2D eigenvalue weighted by atomic mass is 35.5. The van der Waals surface area contributed by atoms with Crippen LogP contribution in [0.5, 0.6) is 5.75 Å². The number of hydrogen-bond acceptors (Lipinski definition) is 5. The summed E-state index contributed by atoms with van der Waals surface area (Å²) < 4.78 is 10.9. The highest BCUT2D eigenvalue weighted by Gasteiger charge is 2.16. The molecule has 0 unspecified atom stereocenters. The molecule has 0 atom stereocenters. The van der Waals surface area contributed by atoms with E-state index >= 15 is 0 Å². The molecule has 0 aliphatic heterocycles. The van der Waals surface area contributed by atoms with Crippen LogP contribution in [-0.4, -0.2) is 9.91 Å². The molecule has 0 spiro atoms. The van der Waals surface area contributed by atoms with Crippen molar-refractivity contribution < 1.29 is 14.1 Å². The van der Waals surface area contributed by atoms with Gasteiger partial charge in [-0.05, 0) is 24.3 Å². The Hall–Kier alpha value is -2.86. The predicted octanol–water partition coefficient (Wildman–Crippen LogP) is 4.48. The molecule has 1 heterocycles. The topological polar surface area (TPSA) is 78.4 Å². The summed E-state index contributed by atoms with van der Waals surface area (Å²) in [5, 5.41) is 11.3. The number of nitro groups is 1. The third kappa shape index (κ3) is 3.49. The molecule has 0 saturated heterocycles. The Kier molecular flexibility index (Phi) is 4.25. The van der Waals surface area contributed by atoms with Crippen molar-refractivity contribution in [2.45, 2.75) is 6.61 Å². The number of nitro benzene ring substituents is 1. The summed E-state index contributed by atoms with van der Waals surface area (Å²) in [7, 11) is 0. The molecule has 3 rings (SSSR count). The van der Waals surface area contributed by atoms with E-state index in [1.807, 2.05) is 30.3 Å². The molecule has 2 aromatic carbocycles. The molecule has 0 aliphatic rings. The maximum atomic E-state index is 11.0. The molecule has 0 N–H and O–H groups in total. The number of benzene rings is 2. The Morgan fingerprint density at radius 3 is 2.74 bits per heavy atom. The Bertz CT molecular complexity index is 833. The van der Waals surface area contributed by atoms with Crippen molar-refractivity contribution in [1.82, 2.24) is 4.98 Å². The minimum Gasteiger partial charge on any atom is -0.480 e. The predicted molar refractivity (Wildman–Crippen MR) is 84.4 cm³/mol. The Morgan fingerprint density at radius 2 is 2.00 bits per heavy atom. The van der Waals surface area contributed by atoms with Gasteiger partial charge in [0.2, 0.25) is 5.89 Å². The summed E-state index contributed by atoms with van der Waals surface area (Å²) >= 11 is 5.76. The third-order valence-electron chi connectivity index (χ3n) is 3.07. The second kappa shape index (κ2) is 6.50. The van der Waals surface area contributed by atoms with Crippen LogP contribution in [0.3, 0.4) is 0 Å². The lowest BCUT2D eigenvalue weighted by atomic mass is 10.2. The van der Waals surface area contributed by atoms with Crippen LogP contribution in [0.2, 0.25) is 5.02 Å². The monoisotopic (exact) mass is 330 g/mol. The van der Waals surface area contributed by atoms with Crippen molar-refractivity contribution in [2.24, 2.45) is 0 Å². The van der Waals surface area contributed by atoms with Gasteiger partial charge in [0, 0.05) is 16.7 Å². The van der Waals surface area contributed by atoms with Gasteiger partial charge in [0.15, 0.2) is 5.75 Å². The van der Waals surface area contributed by atoms with Crippen LogP contribution in [0.1, 0.15) is 5.69 Å². The molecule has 0 amide bonds. The molecule has 0 saturated carbocycles. The van der Waals surface area contributed by atoms with E-state index in [1.54, 1.807) is 0 Å². The van der Waals surface area contributed by atoms with Crippen molar-refractivity contribution >= 4 is 17.3 Å². The molecule has 1 aromatic heterocycles. The van der Waals surface area contributed by atoms with Crippen LogP contribution in [0.15, 0.2) is 59.2 Å². The van der Waals surface area contributed by atoms with E-state index in [4.69, 9.17) is 20.8 Å². The lowest BCUT2D eigenvalue weighted by Gasteiger charge is -2.04. The maximum absolute atomic E-state index is 11.0. The molecule has 23 heavy (non-hydrogen) atoms. The average Bonchev–Trinajstić information content (AvgIpc) is 3.03. The van der Waals surface area contributed by atoms with Crippen molar-refractivity contribution in [1.29, 1.82) is 0 Å². The van der Waals surface area contributed by atoms with Gasteiger partial charge in [-0.3, -0.25) is 10.1 Å². The van der Waals surface area contributed by atoms with E-state index in [2.05, 4.69) is 4.98 Å². The fourth-order valence-electron chi connectivity index (χ4n) is 1.99. The van der Waals surface area contributed by atoms with Crippen molar-refractivity contribution in [2.75, 3.05) is 0 Å². The quantitative estimate of drug-likeness (QED) is 0.509. The van der Waals surface area contributed by atoms with Crippen LogP contribution in [0.25, 0.3) is 11.5 Å². The van der Waals surface area contributed by atoms with Gasteiger partial charge < -0.3 is 9.15 Å². The minimum atomic E-state index is -0.542. The first kappa shape index (κ1) is 15.1. The van der Waals surface area contributed by atoms with E-state index in [0.717, 1.165) is 5.56 Å². The zero-order valence-corrected chi connectivity index (χ0v) is 12.6. The number of hydrogen-bond donors (Lipinski definition) is 0. The number of oxazole rings is 1. The molecule has 6 nitrogen and oxygen atoms in total. The largest absolute Gasteiger partial charge is 0.480 e. The zero-order chi connectivity index (χ0) is 16.2. The van der Waals surface area contributed by atoms with Gasteiger partial charge in [-0.25, -0.2) is 4.98 Å². The molecule has 3 aromatic rings. The van der Waals surface area contributed by atoms with Crippen molar-refractivity contribution in [3.05, 3.63) is 75.6 Å². The average molecular weight is 331 g/mol. The second-order valence-corrected chi connectivity index (χ2v) is 5.10. The Morgan fingerprint density at radius 1 is 1.22 bits per heavy atom. The summed E-state index contributed by atoms with van der Waals surface area (Å²) in [6.45, 7) is 0.0544. The molecular weight excluding hydrogens is 320 g/mol. The zero-order valence-electron chi connectivity index (χ0n) is 11.8. The third-order valence-corrected chi connectivity index (χ3v) is 3.30. The van der Waals surface area contributed by atoms with Gasteiger partial charge in [-0.2, -0.15) is 0 Å². The Balaban J connectivity index is 1.75. The fourth-order valence-corrected chi connectivity index (χ4v) is 2.16. The number of rotatable bonds is 5. The SMILES string of the molecule is O=[N+]([O-])c1cc(Cl)ccc1OCc1coc(-c2ccccc2)n1. The first-order valence-electron chi connectivity index (χ1n) is 6.70. The van der Waals surface area contributed by atoms with Crippen LogP contribution >= 0.6 is 11.6 Å². The van der Waals surface area contributed by atoms with Gasteiger partial charge in [0.05, 0.1) is 4.92 Å². The van der Waals surface area contributed by atoms with Gasteiger partial charge >= 0.3 is 5.69 Å². The highest BCUT2D eigenvalue weighted by Crippen LogP contribution is 2.30. The number of nitrogens with zero attached hydrogens (tertiary/aromatic N) is 2. The lowest BCUT2D eigenvalue weighted by molar-refractivity contribution is -0.385. The molecule has 0 fully saturated rings. The normalized spacial score (nSPS) is 10.5. The molecular formula is C16H11ClN2O4. The summed E-state index contributed by atoms with van der Waals surface area (Å²) in [6, 6.07) is 13.6. The highest BCUT2D eigenvalue weighted by molar-refractivity contribution is 6.30. The van der Waals surface area contributed by atoms with Crippen LogP contribution in [0.4, 0.5) is 5.69 Å². The number of halogens is 1. The number of aromatic nitrogens is 1. The minimum absolute atomic E-state index is 0.0544. The molecule has 116 valence electrons. The molecule has 0 bridgehead atoms. The van der Waals surface area contributed by atoms with Gasteiger partial charge in [-0.15, -0.1) is 0 Å². The Labute approximate surface area is 136 Å². The van der Waals surface area contributed by atoms with E-state index in [9.17, 15) is 10.1 Å². The molecule has 0 aliphatic carbocycles. The summed E-state index contributed by atoms with van der Waals surface area (Å²) in [4.78, 5) is 14.8. The van der Waals surface area contributed by atoms with E-state index in [-0.39, 0.29) is 23.1 Å². The van der Waals surface area contributed by atoms with Crippen molar-refractivity contribution in [3.8, 4) is 17.2 Å². The van der Waals surface area contributed by atoms with Gasteiger partial charge in [-0.1, -0.05) is 29.8 Å². The molecule has 7 heteroatoms. The standard InChI is InChI=1S/C16H11ClN2O4/c17-12-6-7-15(14(8-12)19(20)21)22-9-13-10-23-16(18-13)11-4-2-1-3-5-11/h1-8,10H,9H2. The van der Waals surface area contributed by atoms with E-state index in [0.29, 0.717) is 11.6 Å². The maximum Gasteiger partial charge on any atom is 0.312 e. The van der Waals surface area contributed by atoms with Crippen LogP contribution in [-0.2, 0) is 6.61 Å². The summed E-state index contributed by atoms with van der Waals surface area (Å²) in [5.74, 6) is 0.596. The van der Waals surface area contributed by atoms with Crippen molar-refractivity contribution in [3.63, 3.8) is 0 Å². The summed E-state index contributed by atoms with van der Waals surface area (Å²) in [5.41, 5.74) is 1.19. The van der Waals surface area contributed by atoms with E-state index in [1.165, 1.54) is 24.5 Å². The number of ether oxygens (including phenoxy) is 1. The fraction of sp³-hybridized carbons (Fsp3) is 0.0625. The first-order chi connectivity index (χ1) is 11.1. The molecule has 0 radical (unpaired) electrons. The van der Waals surface area contributed by atoms with E-state index < -0.39 is 4.92 Å². The van der Waals surface area contributed by atoms with Crippen LogP contribution in [0, 0.1) is 10.1 Å². The first-order valence-corrected chi connectivity index (χ1v) is 7.08.